The van der Waals surface area contributed by atoms with Crippen molar-refractivity contribution < 1.29 is 13.9 Å². The van der Waals surface area contributed by atoms with Crippen molar-refractivity contribution in [1.82, 2.24) is 0 Å². The third-order valence-electron chi connectivity index (χ3n) is 3.55. The lowest BCUT2D eigenvalue weighted by Gasteiger charge is -2.11. The Morgan fingerprint density at radius 1 is 1.05 bits per heavy atom. The van der Waals surface area contributed by atoms with E-state index in [4.69, 9.17) is 0 Å². The van der Waals surface area contributed by atoms with Crippen LogP contribution in [0.4, 0.5) is 8.78 Å². The quantitative estimate of drug-likeness (QED) is 0.739. The maximum absolute atomic E-state index is 13.3. The van der Waals surface area contributed by atoms with Crippen LogP contribution in [0, 0.1) is 18.6 Å². The van der Waals surface area contributed by atoms with Crippen LogP contribution in [-0.2, 0) is 6.42 Å². The molecule has 4 heteroatoms. The zero-order valence-electron chi connectivity index (χ0n) is 11.4. The van der Waals surface area contributed by atoms with E-state index in [9.17, 15) is 13.9 Å². The van der Waals surface area contributed by atoms with Crippen molar-refractivity contribution >= 4 is 21.4 Å². The summed E-state index contributed by atoms with van der Waals surface area (Å²) in [5, 5.41) is 11.3. The highest BCUT2D eigenvalue weighted by atomic mass is 32.1. The molecule has 2 aromatic carbocycles. The summed E-state index contributed by atoms with van der Waals surface area (Å²) >= 11 is 1.37. The first-order chi connectivity index (χ1) is 10.0. The molecular formula is C17H14F2OS. The van der Waals surface area contributed by atoms with Crippen molar-refractivity contribution in [3.05, 3.63) is 70.1 Å². The molecule has 3 rings (SSSR count). The summed E-state index contributed by atoms with van der Waals surface area (Å²) in [6, 6.07) is 11.0. The van der Waals surface area contributed by atoms with Crippen molar-refractivity contribution in [2.45, 2.75) is 19.4 Å². The molecule has 0 amide bonds. The van der Waals surface area contributed by atoms with Crippen LogP contribution in [-0.4, -0.2) is 5.11 Å². The monoisotopic (exact) mass is 304 g/mol. The predicted molar refractivity (Wildman–Crippen MR) is 81.6 cm³/mol. The molecular weight excluding hydrogens is 290 g/mol. The molecule has 0 radical (unpaired) electrons. The molecule has 1 aromatic heterocycles. The standard InChI is InChI=1S/C17H14F2OS/c1-10-2-4-13(18)6-12(10)7-15(20)17-8-11-3-5-14(19)9-16(11)21-17/h2-6,8-9,15,20H,7H2,1H3. The van der Waals surface area contributed by atoms with Crippen LogP contribution in [0.5, 0.6) is 0 Å². The second kappa shape index (κ2) is 5.54. The van der Waals surface area contributed by atoms with Crippen LogP contribution >= 0.6 is 11.3 Å². The van der Waals surface area contributed by atoms with Gasteiger partial charge in [-0.25, -0.2) is 8.78 Å². The topological polar surface area (TPSA) is 20.2 Å². The van der Waals surface area contributed by atoms with Crippen LogP contribution in [0.15, 0.2) is 42.5 Å². The summed E-state index contributed by atoms with van der Waals surface area (Å²) in [6.07, 6.45) is -0.371. The van der Waals surface area contributed by atoms with E-state index in [-0.39, 0.29) is 11.6 Å². The minimum Gasteiger partial charge on any atom is -0.387 e. The average Bonchev–Trinajstić information content (AvgIpc) is 2.86. The van der Waals surface area contributed by atoms with Gasteiger partial charge in [0.15, 0.2) is 0 Å². The van der Waals surface area contributed by atoms with Crippen molar-refractivity contribution in [3.8, 4) is 0 Å². The molecule has 0 aliphatic carbocycles. The maximum atomic E-state index is 13.3. The lowest BCUT2D eigenvalue weighted by Crippen LogP contribution is -2.01. The Labute approximate surface area is 125 Å². The summed E-state index contributed by atoms with van der Waals surface area (Å²) in [7, 11) is 0. The van der Waals surface area contributed by atoms with Gasteiger partial charge in [-0.3, -0.25) is 0 Å². The molecule has 0 aliphatic heterocycles. The number of fused-ring (bicyclic) bond motifs is 1. The van der Waals surface area contributed by atoms with Gasteiger partial charge in [0.05, 0.1) is 6.10 Å². The summed E-state index contributed by atoms with van der Waals surface area (Å²) in [6.45, 7) is 1.89. The number of thiophene rings is 1. The van der Waals surface area contributed by atoms with Crippen LogP contribution in [0.3, 0.4) is 0 Å². The number of hydrogen-bond donors (Lipinski definition) is 1. The number of hydrogen-bond acceptors (Lipinski definition) is 2. The molecule has 0 saturated heterocycles. The van der Waals surface area contributed by atoms with Crippen LogP contribution in [0.1, 0.15) is 22.1 Å². The van der Waals surface area contributed by atoms with Gasteiger partial charge in [0.25, 0.3) is 0 Å². The Bertz CT molecular complexity index is 795. The van der Waals surface area contributed by atoms with Crippen molar-refractivity contribution in [1.29, 1.82) is 0 Å². The molecule has 1 unspecified atom stereocenters. The molecule has 1 N–H and O–H groups in total. The van der Waals surface area contributed by atoms with Crippen molar-refractivity contribution in [2.24, 2.45) is 0 Å². The highest BCUT2D eigenvalue weighted by Gasteiger charge is 2.14. The van der Waals surface area contributed by atoms with Crippen LogP contribution in [0.25, 0.3) is 10.1 Å². The molecule has 0 spiro atoms. The number of halogens is 2. The normalized spacial score (nSPS) is 12.8. The molecule has 1 atom stereocenters. The maximum Gasteiger partial charge on any atom is 0.124 e. The molecule has 0 aliphatic rings. The Morgan fingerprint density at radius 2 is 1.76 bits per heavy atom. The van der Waals surface area contributed by atoms with Gasteiger partial charge in [-0.1, -0.05) is 12.1 Å². The van der Waals surface area contributed by atoms with E-state index in [1.807, 2.05) is 13.0 Å². The number of benzene rings is 2. The van der Waals surface area contributed by atoms with Gasteiger partial charge < -0.3 is 5.11 Å². The minimum absolute atomic E-state index is 0.286. The third-order valence-corrected chi connectivity index (χ3v) is 4.75. The summed E-state index contributed by atoms with van der Waals surface area (Å²) < 4.78 is 27.3. The van der Waals surface area contributed by atoms with Gasteiger partial charge in [-0.2, -0.15) is 0 Å². The first kappa shape index (κ1) is 14.2. The molecule has 3 aromatic rings. The first-order valence-corrected chi connectivity index (χ1v) is 7.46. The minimum atomic E-state index is -0.717. The summed E-state index contributed by atoms with van der Waals surface area (Å²) in [4.78, 5) is 0.763. The van der Waals surface area contributed by atoms with Gasteiger partial charge in [0, 0.05) is 16.0 Å². The van der Waals surface area contributed by atoms with E-state index in [0.29, 0.717) is 6.42 Å². The van der Waals surface area contributed by atoms with Crippen molar-refractivity contribution in [3.63, 3.8) is 0 Å². The molecule has 108 valence electrons. The van der Waals surface area contributed by atoms with Gasteiger partial charge in [-0.05, 0) is 53.8 Å². The SMILES string of the molecule is Cc1ccc(F)cc1CC(O)c1cc2ccc(F)cc2s1. The fourth-order valence-corrected chi connectivity index (χ4v) is 3.43. The Hall–Kier alpha value is -1.78. The lowest BCUT2D eigenvalue weighted by atomic mass is 10.0. The van der Waals surface area contributed by atoms with Gasteiger partial charge in [0.2, 0.25) is 0 Å². The second-order valence-corrected chi connectivity index (χ2v) is 6.24. The largest absolute Gasteiger partial charge is 0.387 e. The molecule has 0 bridgehead atoms. The molecule has 1 heterocycles. The zero-order chi connectivity index (χ0) is 15.0. The van der Waals surface area contributed by atoms with E-state index in [1.54, 1.807) is 12.1 Å². The Morgan fingerprint density at radius 3 is 2.57 bits per heavy atom. The molecule has 1 nitrogen and oxygen atoms in total. The number of aliphatic hydroxyl groups is 1. The average molecular weight is 304 g/mol. The van der Waals surface area contributed by atoms with Gasteiger partial charge in [0.1, 0.15) is 11.6 Å². The highest BCUT2D eigenvalue weighted by Crippen LogP contribution is 2.32. The zero-order valence-corrected chi connectivity index (χ0v) is 12.3. The van der Waals surface area contributed by atoms with E-state index < -0.39 is 6.10 Å². The van der Waals surface area contributed by atoms with Crippen LogP contribution in [0.2, 0.25) is 0 Å². The molecule has 0 saturated carbocycles. The van der Waals surface area contributed by atoms with Crippen molar-refractivity contribution in [2.75, 3.05) is 0 Å². The summed E-state index contributed by atoms with van der Waals surface area (Å²) in [5.74, 6) is -0.590. The number of aryl methyl sites for hydroxylation is 1. The van der Waals surface area contributed by atoms with E-state index in [0.717, 1.165) is 26.1 Å². The van der Waals surface area contributed by atoms with E-state index >= 15 is 0 Å². The highest BCUT2D eigenvalue weighted by molar-refractivity contribution is 7.19. The second-order valence-electron chi connectivity index (χ2n) is 5.12. The fourth-order valence-electron chi connectivity index (χ4n) is 2.36. The molecule has 0 fully saturated rings. The molecule has 21 heavy (non-hydrogen) atoms. The fraction of sp³-hybridized carbons (Fsp3) is 0.176. The number of aliphatic hydroxyl groups excluding tert-OH is 1. The number of rotatable bonds is 3. The Kier molecular flexibility index (Phi) is 3.74. The first-order valence-electron chi connectivity index (χ1n) is 6.65. The lowest BCUT2D eigenvalue weighted by molar-refractivity contribution is 0.182. The van der Waals surface area contributed by atoms with Gasteiger partial charge >= 0.3 is 0 Å². The summed E-state index contributed by atoms with van der Waals surface area (Å²) in [5.41, 5.74) is 1.73. The third kappa shape index (κ3) is 2.96. The Balaban J connectivity index is 1.89. The van der Waals surface area contributed by atoms with Crippen LogP contribution < -0.4 is 0 Å². The predicted octanol–water partition coefficient (Wildman–Crippen LogP) is 4.76. The van der Waals surface area contributed by atoms with E-state index in [2.05, 4.69) is 0 Å². The van der Waals surface area contributed by atoms with Gasteiger partial charge in [-0.15, -0.1) is 11.3 Å². The van der Waals surface area contributed by atoms with E-state index in [1.165, 1.54) is 35.6 Å². The smallest absolute Gasteiger partial charge is 0.124 e.